The Morgan fingerprint density at radius 3 is 1.70 bits per heavy atom. The molecule has 3 amide bonds. The summed E-state index contributed by atoms with van der Waals surface area (Å²) in [5.41, 5.74) is 0. The Morgan fingerprint density at radius 1 is 0.617 bits per heavy atom. The molecule has 1 fully saturated rings. The number of ether oxygens (including phenoxy) is 2. The first-order valence-corrected chi connectivity index (χ1v) is 27.9. The van der Waals surface area contributed by atoms with Crippen molar-refractivity contribution in [2.24, 2.45) is 0 Å². The zero-order valence-electron chi connectivity index (χ0n) is 34.8. The Hall–Kier alpha value is -1.24. The van der Waals surface area contributed by atoms with E-state index in [-0.39, 0.29) is 85.4 Å². The van der Waals surface area contributed by atoms with E-state index in [4.69, 9.17) is 14.6 Å². The summed E-state index contributed by atoms with van der Waals surface area (Å²) in [7, 11) is 8.21. The number of hydrogen-bond donors (Lipinski definition) is 8. The Bertz CT molecular complexity index is 1240. The summed E-state index contributed by atoms with van der Waals surface area (Å²) in [6.45, 7) is 0.993. The summed E-state index contributed by atoms with van der Waals surface area (Å²) in [5, 5.41) is 49.2. The van der Waals surface area contributed by atoms with Gasteiger partial charge in [-0.1, -0.05) is 109 Å². The summed E-state index contributed by atoms with van der Waals surface area (Å²) in [4.78, 5) is 70.5. The SMILES string of the molecule is CSSC1(O)SSC(N[C@@H](CCCCNC(=O)COCCOCCNC(=O)CC[C@H](NC(=O)CCCCCCCCCCCCCCCCC(=O)O)C(=O)O)C(=O)O)SS1.[HH].[HH].[HH]. The number of amides is 3. The zero-order chi connectivity index (χ0) is 44.3. The molecule has 0 aromatic heterocycles. The first-order chi connectivity index (χ1) is 28.8. The van der Waals surface area contributed by atoms with Crippen molar-refractivity contribution in [2.75, 3.05) is 45.8 Å². The van der Waals surface area contributed by atoms with Gasteiger partial charge in [0.1, 0.15) is 23.4 Å². The van der Waals surface area contributed by atoms with Crippen molar-refractivity contribution in [2.45, 2.75) is 155 Å². The van der Waals surface area contributed by atoms with E-state index in [0.29, 0.717) is 32.2 Å². The molecule has 2 atom stereocenters. The summed E-state index contributed by atoms with van der Waals surface area (Å²) in [6.07, 6.45) is 18.9. The van der Waals surface area contributed by atoms with Crippen LogP contribution in [0.4, 0.5) is 0 Å². The van der Waals surface area contributed by atoms with Gasteiger partial charge in [0, 0.05) is 36.6 Å². The summed E-state index contributed by atoms with van der Waals surface area (Å²) in [5.74, 6) is -3.83. The van der Waals surface area contributed by atoms with E-state index in [0.717, 1.165) is 38.5 Å². The molecule has 1 heterocycles. The molecular weight excluding hydrogens is 897 g/mol. The summed E-state index contributed by atoms with van der Waals surface area (Å²) >= 11 is 0. The average molecular weight is 971 g/mol. The molecule has 60 heavy (non-hydrogen) atoms. The van der Waals surface area contributed by atoms with Crippen molar-refractivity contribution in [1.82, 2.24) is 21.3 Å². The van der Waals surface area contributed by atoms with Gasteiger partial charge in [-0.15, -0.1) is 0 Å². The van der Waals surface area contributed by atoms with E-state index in [1.165, 1.54) is 110 Å². The number of hydrogen-bond acceptors (Lipinski definition) is 16. The van der Waals surface area contributed by atoms with Crippen LogP contribution in [0.3, 0.4) is 0 Å². The number of aliphatic carboxylic acids is 3. The second-order valence-electron chi connectivity index (χ2n) is 14.2. The topological polar surface area (TPSA) is 250 Å². The number of unbranched alkanes of at least 4 members (excludes halogenated alkanes) is 14. The predicted octanol–water partition coefficient (Wildman–Crippen LogP) is 7.55. The van der Waals surface area contributed by atoms with Gasteiger partial charge in [-0.3, -0.25) is 29.3 Å². The van der Waals surface area contributed by atoms with Crippen LogP contribution in [0, 0.1) is 0 Å². The molecule has 1 saturated heterocycles. The van der Waals surface area contributed by atoms with Crippen LogP contribution >= 0.6 is 64.8 Å². The molecule has 0 saturated carbocycles. The molecule has 0 aromatic rings. The molecule has 0 aliphatic carbocycles. The number of carbonyl (C=O) groups excluding carboxylic acids is 3. The van der Waals surface area contributed by atoms with Gasteiger partial charge in [-0.25, -0.2) is 4.79 Å². The van der Waals surface area contributed by atoms with E-state index < -0.39 is 33.6 Å². The quantitative estimate of drug-likeness (QED) is 0.0168. The van der Waals surface area contributed by atoms with Gasteiger partial charge in [-0.2, -0.15) is 0 Å². The first-order valence-electron chi connectivity index (χ1n) is 20.9. The molecule has 0 bridgehead atoms. The second kappa shape index (κ2) is 37.2. The second-order valence-corrected chi connectivity index (χ2v) is 22.9. The van der Waals surface area contributed by atoms with Crippen molar-refractivity contribution < 1.29 is 62.9 Å². The molecule has 1 aliphatic rings. The van der Waals surface area contributed by atoms with Crippen molar-refractivity contribution in [3.63, 3.8) is 0 Å². The molecular formula is C38H74N4O12S6. The lowest BCUT2D eigenvalue weighted by Gasteiger charge is -2.32. The molecule has 0 aromatic carbocycles. The van der Waals surface area contributed by atoms with Crippen LogP contribution in [0.15, 0.2) is 0 Å². The van der Waals surface area contributed by atoms with Gasteiger partial charge >= 0.3 is 17.9 Å². The van der Waals surface area contributed by atoms with Gasteiger partial charge in [-0.05, 0) is 77.2 Å². The maximum Gasteiger partial charge on any atom is 0.326 e. The fourth-order valence-corrected chi connectivity index (χ4v) is 17.1. The highest BCUT2D eigenvalue weighted by atomic mass is 33.2. The molecule has 8 N–H and O–H groups in total. The van der Waals surface area contributed by atoms with Crippen LogP contribution in [0.2, 0.25) is 0 Å². The van der Waals surface area contributed by atoms with E-state index in [9.17, 15) is 44.1 Å². The van der Waals surface area contributed by atoms with E-state index >= 15 is 0 Å². The number of nitrogens with one attached hydrogen (secondary N) is 4. The predicted molar refractivity (Wildman–Crippen MR) is 253 cm³/mol. The van der Waals surface area contributed by atoms with Crippen LogP contribution < -0.4 is 21.3 Å². The molecule has 0 unspecified atom stereocenters. The standard InChI is InChI=1S/C38H68N4O12S6.3H2/c1-55-58-38(52)59-56-37(57-60-38)42-29(35(48)49)18-16-17-23-39-33(45)28-54-27-26-53-25-24-40-31(43)22-21-30(36(50)51)41-32(44)19-14-12-10-8-6-4-2-3-5-7-9-11-13-15-20-34(46)47;;;/h29-30,37,42,52H,2-28H2,1H3,(H,39,45)(H,40,43)(H,41,44)(H,46,47)(H,48,49)(H,50,51);3*1H/t29-,30-,37?,38?;;;/m0.../s1. The van der Waals surface area contributed by atoms with E-state index in [1.807, 2.05) is 6.26 Å². The molecule has 16 nitrogen and oxygen atoms in total. The van der Waals surface area contributed by atoms with E-state index in [1.54, 1.807) is 0 Å². The largest absolute Gasteiger partial charge is 0.481 e. The van der Waals surface area contributed by atoms with Gasteiger partial charge in [0.15, 0.2) is 0 Å². The van der Waals surface area contributed by atoms with Crippen molar-refractivity contribution in [3.8, 4) is 0 Å². The third-order valence-corrected chi connectivity index (χ3v) is 19.8. The Balaban J connectivity index is -0.0000120. The maximum absolute atomic E-state index is 12.3. The highest BCUT2D eigenvalue weighted by molar-refractivity contribution is 8.99. The lowest BCUT2D eigenvalue weighted by molar-refractivity contribution is -0.142. The van der Waals surface area contributed by atoms with Crippen molar-refractivity contribution >= 4 is 100 Å². The highest BCUT2D eigenvalue weighted by Crippen LogP contribution is 2.64. The van der Waals surface area contributed by atoms with Gasteiger partial charge in [0.2, 0.25) is 21.3 Å². The number of rotatable bonds is 40. The minimum absolute atomic E-state index is 0. The zero-order valence-corrected chi connectivity index (χ0v) is 39.7. The van der Waals surface area contributed by atoms with Crippen LogP contribution in [0.25, 0.3) is 0 Å². The fourth-order valence-electron chi connectivity index (χ4n) is 5.84. The molecule has 1 rings (SSSR count). The number of carbonyl (C=O) groups is 6. The van der Waals surface area contributed by atoms with Crippen molar-refractivity contribution in [1.29, 1.82) is 0 Å². The monoisotopic (exact) mass is 970 g/mol. The van der Waals surface area contributed by atoms with E-state index in [2.05, 4.69) is 21.3 Å². The maximum atomic E-state index is 12.3. The normalized spacial score (nSPS) is 17.4. The first kappa shape index (κ1) is 56.8. The third kappa shape index (κ3) is 32.4. The van der Waals surface area contributed by atoms with Gasteiger partial charge < -0.3 is 45.9 Å². The highest BCUT2D eigenvalue weighted by Gasteiger charge is 2.39. The third-order valence-electron chi connectivity index (χ3n) is 9.06. The smallest absolute Gasteiger partial charge is 0.326 e. The lowest BCUT2D eigenvalue weighted by Crippen LogP contribution is -2.41. The average Bonchev–Trinajstić information content (AvgIpc) is 3.20. The van der Waals surface area contributed by atoms with Crippen LogP contribution in [-0.4, -0.2) is 122 Å². The Labute approximate surface area is 383 Å². The molecule has 1 aliphatic heterocycles. The van der Waals surface area contributed by atoms with Crippen LogP contribution in [-0.2, 0) is 38.2 Å². The molecule has 0 spiro atoms. The van der Waals surface area contributed by atoms with Crippen molar-refractivity contribution in [3.05, 3.63) is 0 Å². The molecule has 22 heteroatoms. The van der Waals surface area contributed by atoms with Crippen LogP contribution in [0.5, 0.6) is 0 Å². The number of carboxylic acids is 3. The number of aliphatic hydroxyl groups is 1. The number of carboxylic acid groups (broad SMARTS) is 3. The summed E-state index contributed by atoms with van der Waals surface area (Å²) < 4.78 is 9.56. The fraction of sp³-hybridized carbons (Fsp3) is 0.842. The molecule has 0 radical (unpaired) electrons. The minimum atomic E-state index is -1.18. The lowest BCUT2D eigenvalue weighted by atomic mass is 10.0. The van der Waals surface area contributed by atoms with Crippen LogP contribution in [0.1, 0.15) is 139 Å². The Kier molecular flexibility index (Phi) is 35.2. The van der Waals surface area contributed by atoms with Gasteiger partial charge in [0.05, 0.1) is 19.8 Å². The molecule has 354 valence electrons. The summed E-state index contributed by atoms with van der Waals surface area (Å²) in [6, 6.07) is -1.89. The minimum Gasteiger partial charge on any atom is -0.481 e. The Morgan fingerprint density at radius 2 is 1.15 bits per heavy atom. The van der Waals surface area contributed by atoms with Gasteiger partial charge in [0.25, 0.3) is 0 Å².